The van der Waals surface area contributed by atoms with Gasteiger partial charge in [0.15, 0.2) is 11.5 Å². The second kappa shape index (κ2) is 6.02. The van der Waals surface area contributed by atoms with E-state index < -0.39 is 0 Å². The number of methoxy groups -OCH3 is 2. The fourth-order valence-electron chi connectivity index (χ4n) is 2.67. The Balaban J connectivity index is 1.78. The van der Waals surface area contributed by atoms with Crippen molar-refractivity contribution < 1.29 is 14.6 Å². The van der Waals surface area contributed by atoms with Gasteiger partial charge in [0.05, 0.1) is 14.2 Å². The molecule has 4 heteroatoms. The van der Waals surface area contributed by atoms with Crippen molar-refractivity contribution in [3.05, 3.63) is 53.7 Å². The standard InChI is InChI=1S/C18H19NO3/c1-21-17-6-5-12(11-18(17)22-2)3-4-13-9-15-14(7-8-19-15)16(20)10-13/h5-11,19-20H,3-4H2,1-2H3. The second-order valence-electron chi connectivity index (χ2n) is 5.24. The average Bonchev–Trinajstić information content (AvgIpc) is 3.01. The number of rotatable bonds is 5. The van der Waals surface area contributed by atoms with E-state index in [1.165, 1.54) is 5.56 Å². The zero-order valence-corrected chi connectivity index (χ0v) is 12.7. The smallest absolute Gasteiger partial charge is 0.160 e. The Morgan fingerprint density at radius 2 is 1.68 bits per heavy atom. The zero-order chi connectivity index (χ0) is 15.5. The number of nitrogens with one attached hydrogen (secondary N) is 1. The third-order valence-electron chi connectivity index (χ3n) is 3.86. The molecule has 114 valence electrons. The number of phenols is 1. The predicted molar refractivity (Wildman–Crippen MR) is 86.9 cm³/mol. The third kappa shape index (κ3) is 2.72. The van der Waals surface area contributed by atoms with Gasteiger partial charge in [-0.2, -0.15) is 0 Å². The Bertz CT molecular complexity index is 792. The third-order valence-corrected chi connectivity index (χ3v) is 3.86. The minimum Gasteiger partial charge on any atom is -0.507 e. The van der Waals surface area contributed by atoms with Crippen molar-refractivity contribution in [2.24, 2.45) is 0 Å². The summed E-state index contributed by atoms with van der Waals surface area (Å²) in [4.78, 5) is 3.14. The van der Waals surface area contributed by atoms with E-state index in [1.54, 1.807) is 14.2 Å². The molecule has 0 spiro atoms. The predicted octanol–water partition coefficient (Wildman–Crippen LogP) is 3.68. The lowest BCUT2D eigenvalue weighted by Gasteiger charge is -2.10. The molecule has 1 heterocycles. The number of H-pyrrole nitrogens is 1. The molecule has 22 heavy (non-hydrogen) atoms. The summed E-state index contributed by atoms with van der Waals surface area (Å²) in [6.45, 7) is 0. The summed E-state index contributed by atoms with van der Waals surface area (Å²) in [7, 11) is 3.27. The van der Waals surface area contributed by atoms with Crippen LogP contribution in [-0.2, 0) is 12.8 Å². The van der Waals surface area contributed by atoms with Gasteiger partial charge < -0.3 is 19.6 Å². The Morgan fingerprint density at radius 1 is 0.909 bits per heavy atom. The largest absolute Gasteiger partial charge is 0.507 e. The van der Waals surface area contributed by atoms with Gasteiger partial charge in [-0.05, 0) is 54.3 Å². The molecule has 0 aliphatic rings. The lowest BCUT2D eigenvalue weighted by molar-refractivity contribution is 0.354. The topological polar surface area (TPSA) is 54.5 Å². The summed E-state index contributed by atoms with van der Waals surface area (Å²) < 4.78 is 10.6. The molecule has 0 saturated heterocycles. The summed E-state index contributed by atoms with van der Waals surface area (Å²) in [5, 5.41) is 10.9. The van der Waals surface area contributed by atoms with Crippen LogP contribution in [0.3, 0.4) is 0 Å². The van der Waals surface area contributed by atoms with Crippen LogP contribution in [0.4, 0.5) is 0 Å². The Labute approximate surface area is 129 Å². The normalized spacial score (nSPS) is 10.8. The molecule has 2 aromatic carbocycles. The maximum Gasteiger partial charge on any atom is 0.160 e. The van der Waals surface area contributed by atoms with E-state index in [2.05, 4.69) is 11.1 Å². The molecule has 0 radical (unpaired) electrons. The van der Waals surface area contributed by atoms with Gasteiger partial charge in [-0.1, -0.05) is 6.07 Å². The number of fused-ring (bicyclic) bond motifs is 1. The molecule has 0 aliphatic heterocycles. The molecule has 0 amide bonds. The Kier molecular flexibility index (Phi) is 3.92. The highest BCUT2D eigenvalue weighted by Gasteiger charge is 2.07. The molecule has 0 bridgehead atoms. The lowest BCUT2D eigenvalue weighted by Crippen LogP contribution is -1.95. The van der Waals surface area contributed by atoms with E-state index in [1.807, 2.05) is 36.5 Å². The maximum atomic E-state index is 10.0. The minimum absolute atomic E-state index is 0.320. The van der Waals surface area contributed by atoms with Crippen LogP contribution in [0.2, 0.25) is 0 Å². The van der Waals surface area contributed by atoms with Gasteiger partial charge in [-0.25, -0.2) is 0 Å². The highest BCUT2D eigenvalue weighted by atomic mass is 16.5. The number of hydrogen-bond acceptors (Lipinski definition) is 3. The van der Waals surface area contributed by atoms with Gasteiger partial charge in [0.25, 0.3) is 0 Å². The number of ether oxygens (including phenoxy) is 2. The van der Waals surface area contributed by atoms with Crippen LogP contribution in [0.15, 0.2) is 42.6 Å². The number of aromatic nitrogens is 1. The highest BCUT2D eigenvalue weighted by molar-refractivity contribution is 5.86. The summed E-state index contributed by atoms with van der Waals surface area (Å²) >= 11 is 0. The number of benzene rings is 2. The first-order chi connectivity index (χ1) is 10.7. The van der Waals surface area contributed by atoms with Crippen LogP contribution in [0.25, 0.3) is 10.9 Å². The van der Waals surface area contributed by atoms with Crippen molar-refractivity contribution in [2.75, 3.05) is 14.2 Å². The number of aromatic amines is 1. The molecule has 3 aromatic rings. The van der Waals surface area contributed by atoms with Crippen LogP contribution in [0.5, 0.6) is 17.2 Å². The van der Waals surface area contributed by atoms with E-state index >= 15 is 0 Å². The van der Waals surface area contributed by atoms with E-state index in [0.717, 1.165) is 40.8 Å². The molecule has 0 saturated carbocycles. The number of aromatic hydroxyl groups is 1. The van der Waals surface area contributed by atoms with Crippen LogP contribution in [-0.4, -0.2) is 24.3 Å². The fraction of sp³-hybridized carbons (Fsp3) is 0.222. The molecule has 2 N–H and O–H groups in total. The van der Waals surface area contributed by atoms with Crippen molar-refractivity contribution in [1.82, 2.24) is 4.98 Å². The van der Waals surface area contributed by atoms with Crippen LogP contribution in [0.1, 0.15) is 11.1 Å². The van der Waals surface area contributed by atoms with Gasteiger partial charge in [0, 0.05) is 17.1 Å². The zero-order valence-electron chi connectivity index (χ0n) is 12.7. The van der Waals surface area contributed by atoms with Gasteiger partial charge in [-0.15, -0.1) is 0 Å². The van der Waals surface area contributed by atoms with E-state index in [9.17, 15) is 5.11 Å². The second-order valence-corrected chi connectivity index (χ2v) is 5.24. The Hall–Kier alpha value is -2.62. The van der Waals surface area contributed by atoms with Crippen molar-refractivity contribution in [1.29, 1.82) is 0 Å². The lowest BCUT2D eigenvalue weighted by atomic mass is 10.0. The highest BCUT2D eigenvalue weighted by Crippen LogP contribution is 2.29. The van der Waals surface area contributed by atoms with Crippen molar-refractivity contribution >= 4 is 10.9 Å². The summed E-state index contributed by atoms with van der Waals surface area (Å²) in [5.74, 6) is 1.79. The van der Waals surface area contributed by atoms with E-state index in [-0.39, 0.29) is 0 Å². The van der Waals surface area contributed by atoms with Crippen LogP contribution in [0, 0.1) is 0 Å². The van der Waals surface area contributed by atoms with Crippen LogP contribution >= 0.6 is 0 Å². The van der Waals surface area contributed by atoms with E-state index in [4.69, 9.17) is 9.47 Å². The molecular weight excluding hydrogens is 278 g/mol. The first-order valence-corrected chi connectivity index (χ1v) is 7.21. The molecule has 0 fully saturated rings. The van der Waals surface area contributed by atoms with Crippen molar-refractivity contribution in [3.8, 4) is 17.2 Å². The molecule has 0 unspecified atom stereocenters. The van der Waals surface area contributed by atoms with Gasteiger partial charge in [0.1, 0.15) is 5.75 Å². The van der Waals surface area contributed by atoms with Crippen molar-refractivity contribution in [3.63, 3.8) is 0 Å². The summed E-state index contributed by atoms with van der Waals surface area (Å²) in [6.07, 6.45) is 3.55. The van der Waals surface area contributed by atoms with E-state index in [0.29, 0.717) is 5.75 Å². The maximum absolute atomic E-state index is 10.0. The molecule has 0 atom stereocenters. The summed E-state index contributed by atoms with van der Waals surface area (Å²) in [6, 6.07) is 11.7. The quantitative estimate of drug-likeness (QED) is 0.755. The first kappa shape index (κ1) is 14.3. The number of hydrogen-bond donors (Lipinski definition) is 2. The fourth-order valence-corrected chi connectivity index (χ4v) is 2.67. The Morgan fingerprint density at radius 3 is 2.45 bits per heavy atom. The number of aryl methyl sites for hydroxylation is 2. The molecular formula is C18H19NO3. The SMILES string of the molecule is COc1ccc(CCc2cc(O)c3cc[nH]c3c2)cc1OC. The molecule has 4 nitrogen and oxygen atoms in total. The number of phenolic OH excluding ortho intramolecular Hbond substituents is 1. The monoisotopic (exact) mass is 297 g/mol. The van der Waals surface area contributed by atoms with Crippen LogP contribution < -0.4 is 9.47 Å². The summed E-state index contributed by atoms with van der Waals surface area (Å²) in [5.41, 5.74) is 3.23. The van der Waals surface area contributed by atoms with Gasteiger partial charge >= 0.3 is 0 Å². The average molecular weight is 297 g/mol. The van der Waals surface area contributed by atoms with Gasteiger partial charge in [0.2, 0.25) is 0 Å². The first-order valence-electron chi connectivity index (χ1n) is 7.21. The molecule has 1 aromatic heterocycles. The molecule has 0 aliphatic carbocycles. The molecule has 3 rings (SSSR count). The van der Waals surface area contributed by atoms with Crippen molar-refractivity contribution in [2.45, 2.75) is 12.8 Å². The minimum atomic E-state index is 0.320. The van der Waals surface area contributed by atoms with Gasteiger partial charge in [-0.3, -0.25) is 0 Å².